The summed E-state index contributed by atoms with van der Waals surface area (Å²) in [6.07, 6.45) is 7.56. The van der Waals surface area contributed by atoms with Crippen molar-refractivity contribution in [3.63, 3.8) is 0 Å². The number of carbonyl (C=O) groups excluding carboxylic acids is 1. The maximum absolute atomic E-state index is 12.5. The molecule has 21 heavy (non-hydrogen) atoms. The predicted molar refractivity (Wildman–Crippen MR) is 80.5 cm³/mol. The van der Waals surface area contributed by atoms with E-state index >= 15 is 0 Å². The van der Waals surface area contributed by atoms with Crippen LogP contribution in [0, 0.1) is 16.7 Å². The Balaban J connectivity index is 1.51. The zero-order chi connectivity index (χ0) is 15.3. The average molecular weight is 290 g/mol. The Labute approximate surface area is 126 Å². The quantitative estimate of drug-likeness (QED) is 0.930. The molecule has 2 aliphatic carbocycles. The lowest BCUT2D eigenvalue weighted by Crippen LogP contribution is -2.39. The largest absolute Gasteiger partial charge is 0.353 e. The molecule has 1 aromatic rings. The van der Waals surface area contributed by atoms with Gasteiger partial charge in [0.25, 0.3) is 0 Å². The number of amides is 1. The first-order valence-corrected chi connectivity index (χ1v) is 7.98. The zero-order valence-electron chi connectivity index (χ0n) is 13.5. The Bertz CT molecular complexity index is 498. The summed E-state index contributed by atoms with van der Waals surface area (Å²) in [4.78, 5) is 16.5. The lowest BCUT2D eigenvalue weighted by Gasteiger charge is -2.29. The van der Waals surface area contributed by atoms with Gasteiger partial charge in [0.15, 0.2) is 0 Å². The molecule has 1 aromatic heterocycles. The molecule has 0 bridgehead atoms. The van der Waals surface area contributed by atoms with Crippen LogP contribution in [0.3, 0.4) is 0 Å². The summed E-state index contributed by atoms with van der Waals surface area (Å²) >= 11 is 0. The monoisotopic (exact) mass is 290 g/mol. The number of nitrogens with zero attached hydrogens (tertiary/aromatic N) is 3. The fourth-order valence-electron chi connectivity index (χ4n) is 4.03. The minimum absolute atomic E-state index is 0.120. The molecule has 0 aliphatic heterocycles. The Hall–Kier alpha value is -1.39. The van der Waals surface area contributed by atoms with Gasteiger partial charge in [0.05, 0.1) is 6.04 Å². The number of hydrogen-bond donors (Lipinski definition) is 1. The molecule has 116 valence electrons. The third kappa shape index (κ3) is 2.36. The summed E-state index contributed by atoms with van der Waals surface area (Å²) in [7, 11) is 0. The lowest BCUT2D eigenvalue weighted by molar-refractivity contribution is -0.124. The van der Waals surface area contributed by atoms with Gasteiger partial charge in [0.1, 0.15) is 12.7 Å². The van der Waals surface area contributed by atoms with E-state index in [0.29, 0.717) is 12.1 Å². The van der Waals surface area contributed by atoms with E-state index in [4.69, 9.17) is 0 Å². The van der Waals surface area contributed by atoms with Gasteiger partial charge in [0.2, 0.25) is 5.91 Å². The van der Waals surface area contributed by atoms with Gasteiger partial charge in [-0.2, -0.15) is 5.10 Å². The van der Waals surface area contributed by atoms with Crippen LogP contribution >= 0.6 is 0 Å². The van der Waals surface area contributed by atoms with Crippen molar-refractivity contribution in [2.24, 2.45) is 16.7 Å². The molecule has 5 heteroatoms. The second-order valence-electron chi connectivity index (χ2n) is 7.77. The summed E-state index contributed by atoms with van der Waals surface area (Å²) in [6.45, 7) is 8.77. The molecular weight excluding hydrogens is 264 g/mol. The molecule has 2 fully saturated rings. The van der Waals surface area contributed by atoms with Crippen molar-refractivity contribution in [2.45, 2.75) is 65.5 Å². The summed E-state index contributed by atoms with van der Waals surface area (Å²) < 4.78 is 1.95. The predicted octanol–water partition coefficient (Wildman–Crippen LogP) is 2.56. The van der Waals surface area contributed by atoms with E-state index in [2.05, 4.69) is 43.1 Å². The second-order valence-corrected chi connectivity index (χ2v) is 7.77. The van der Waals surface area contributed by atoms with Crippen molar-refractivity contribution in [3.05, 3.63) is 12.7 Å². The van der Waals surface area contributed by atoms with Crippen molar-refractivity contribution in [1.29, 1.82) is 0 Å². The highest BCUT2D eigenvalue weighted by Gasteiger charge is 2.68. The van der Waals surface area contributed by atoms with Crippen LogP contribution in [-0.4, -0.2) is 26.7 Å². The minimum Gasteiger partial charge on any atom is -0.353 e. The maximum Gasteiger partial charge on any atom is 0.224 e. The fraction of sp³-hybridized carbons (Fsp3) is 0.812. The van der Waals surface area contributed by atoms with E-state index in [1.54, 1.807) is 12.7 Å². The summed E-state index contributed by atoms with van der Waals surface area (Å²) in [5, 5.41) is 7.49. The van der Waals surface area contributed by atoms with Gasteiger partial charge in [-0.25, -0.2) is 9.67 Å². The molecule has 3 rings (SSSR count). The normalized spacial score (nSPS) is 30.9. The third-order valence-corrected chi connectivity index (χ3v) is 6.14. The molecule has 0 saturated heterocycles. The average Bonchev–Trinajstić information content (AvgIpc) is 2.80. The third-order valence-electron chi connectivity index (χ3n) is 6.14. The SMILES string of the molecule is CC1(C)C(C(=O)NC2CCC(n3cncn3)CC2)C1(C)C. The number of carbonyl (C=O) groups is 1. The Morgan fingerprint density at radius 3 is 2.24 bits per heavy atom. The van der Waals surface area contributed by atoms with Crippen molar-refractivity contribution < 1.29 is 4.79 Å². The topological polar surface area (TPSA) is 59.8 Å². The van der Waals surface area contributed by atoms with Crippen molar-refractivity contribution in [3.8, 4) is 0 Å². The van der Waals surface area contributed by atoms with E-state index in [0.717, 1.165) is 25.7 Å². The molecule has 1 heterocycles. The zero-order valence-corrected chi connectivity index (χ0v) is 13.5. The Kier molecular flexibility index (Phi) is 3.34. The van der Waals surface area contributed by atoms with E-state index in [-0.39, 0.29) is 22.7 Å². The molecule has 1 N–H and O–H groups in total. The van der Waals surface area contributed by atoms with Crippen LogP contribution in [0.25, 0.3) is 0 Å². The van der Waals surface area contributed by atoms with Crippen LogP contribution in [0.5, 0.6) is 0 Å². The molecule has 0 atom stereocenters. The van der Waals surface area contributed by atoms with Crippen LogP contribution < -0.4 is 5.32 Å². The van der Waals surface area contributed by atoms with Gasteiger partial charge in [-0.15, -0.1) is 0 Å². The highest BCUT2D eigenvalue weighted by atomic mass is 16.2. The smallest absolute Gasteiger partial charge is 0.224 e. The first-order chi connectivity index (χ1) is 9.84. The van der Waals surface area contributed by atoms with E-state index < -0.39 is 0 Å². The van der Waals surface area contributed by atoms with Gasteiger partial charge in [-0.05, 0) is 36.5 Å². The van der Waals surface area contributed by atoms with Gasteiger partial charge < -0.3 is 5.32 Å². The fourth-order valence-corrected chi connectivity index (χ4v) is 4.03. The highest BCUT2D eigenvalue weighted by Crippen LogP contribution is 2.68. The number of aromatic nitrogens is 3. The van der Waals surface area contributed by atoms with Crippen LogP contribution in [0.4, 0.5) is 0 Å². The molecule has 0 radical (unpaired) electrons. The van der Waals surface area contributed by atoms with E-state index in [1.807, 2.05) is 4.68 Å². The van der Waals surface area contributed by atoms with Gasteiger partial charge in [0, 0.05) is 12.0 Å². The number of hydrogen-bond acceptors (Lipinski definition) is 3. The maximum atomic E-state index is 12.5. The second kappa shape index (κ2) is 4.82. The number of rotatable bonds is 3. The lowest BCUT2D eigenvalue weighted by atomic mass is 9.91. The number of nitrogens with one attached hydrogen (secondary N) is 1. The molecular formula is C16H26N4O. The van der Waals surface area contributed by atoms with Crippen molar-refractivity contribution in [1.82, 2.24) is 20.1 Å². The van der Waals surface area contributed by atoms with E-state index in [1.165, 1.54) is 0 Å². The highest BCUT2D eigenvalue weighted by molar-refractivity contribution is 5.84. The summed E-state index contributed by atoms with van der Waals surface area (Å²) in [6, 6.07) is 0.763. The molecule has 0 unspecified atom stereocenters. The Morgan fingerprint density at radius 2 is 1.76 bits per heavy atom. The molecule has 2 saturated carbocycles. The standard InChI is InChI=1S/C16H26N4O/c1-15(2)13(16(15,3)4)14(21)19-11-5-7-12(8-6-11)20-10-17-9-18-20/h9-13H,5-8H2,1-4H3,(H,19,21). The van der Waals surface area contributed by atoms with Crippen LogP contribution in [-0.2, 0) is 4.79 Å². The Morgan fingerprint density at radius 1 is 1.14 bits per heavy atom. The molecule has 0 aromatic carbocycles. The molecule has 0 spiro atoms. The molecule has 2 aliphatic rings. The minimum atomic E-state index is 0.120. The van der Waals surface area contributed by atoms with Crippen LogP contribution in [0.2, 0.25) is 0 Å². The van der Waals surface area contributed by atoms with E-state index in [9.17, 15) is 4.79 Å². The van der Waals surface area contributed by atoms with Gasteiger partial charge in [-0.1, -0.05) is 27.7 Å². The van der Waals surface area contributed by atoms with Crippen LogP contribution in [0.1, 0.15) is 59.4 Å². The first kappa shape index (κ1) is 14.5. The molecule has 1 amide bonds. The molecule has 5 nitrogen and oxygen atoms in total. The van der Waals surface area contributed by atoms with Gasteiger partial charge >= 0.3 is 0 Å². The first-order valence-electron chi connectivity index (χ1n) is 7.98. The van der Waals surface area contributed by atoms with Crippen LogP contribution in [0.15, 0.2) is 12.7 Å². The summed E-state index contributed by atoms with van der Waals surface area (Å²) in [5.41, 5.74) is 0.240. The van der Waals surface area contributed by atoms with Crippen molar-refractivity contribution in [2.75, 3.05) is 0 Å². The summed E-state index contributed by atoms with van der Waals surface area (Å²) in [5.74, 6) is 0.396. The van der Waals surface area contributed by atoms with Crippen molar-refractivity contribution >= 4 is 5.91 Å². The van der Waals surface area contributed by atoms with Gasteiger partial charge in [-0.3, -0.25) is 4.79 Å².